The van der Waals surface area contributed by atoms with Crippen LogP contribution in [0.3, 0.4) is 0 Å². The minimum absolute atomic E-state index is 0.00780. The third-order valence-electron chi connectivity index (χ3n) is 4.50. The van der Waals surface area contributed by atoms with Crippen molar-refractivity contribution in [3.8, 4) is 0 Å². The minimum atomic E-state index is -0.308. The van der Waals surface area contributed by atoms with E-state index < -0.39 is 0 Å². The first-order valence-electron chi connectivity index (χ1n) is 7.10. The molecular weight excluding hydrogens is 230 g/mol. The Labute approximate surface area is 109 Å². The fraction of sp³-hybridized carbons (Fsp3) is 0.929. The number of nitrogens with one attached hydrogen (secondary N) is 1. The fourth-order valence-corrected chi connectivity index (χ4v) is 3.30. The molecule has 2 aliphatic rings. The quantitative estimate of drug-likeness (QED) is 0.799. The van der Waals surface area contributed by atoms with Crippen LogP contribution in [0.5, 0.6) is 0 Å². The van der Waals surface area contributed by atoms with Gasteiger partial charge < -0.3 is 15.2 Å². The second-order valence-corrected chi connectivity index (χ2v) is 6.16. The molecule has 0 spiro atoms. The summed E-state index contributed by atoms with van der Waals surface area (Å²) in [4.78, 5) is 12.1. The van der Waals surface area contributed by atoms with Crippen molar-refractivity contribution < 1.29 is 14.6 Å². The van der Waals surface area contributed by atoms with Gasteiger partial charge in [-0.05, 0) is 32.1 Å². The lowest BCUT2D eigenvalue weighted by Crippen LogP contribution is -2.44. The van der Waals surface area contributed by atoms with Crippen LogP contribution in [0.2, 0.25) is 0 Å². The van der Waals surface area contributed by atoms with Crippen molar-refractivity contribution in [1.82, 2.24) is 5.32 Å². The van der Waals surface area contributed by atoms with E-state index in [9.17, 15) is 9.90 Å². The van der Waals surface area contributed by atoms with E-state index in [1.807, 2.05) is 6.92 Å². The first-order chi connectivity index (χ1) is 8.56. The highest BCUT2D eigenvalue weighted by molar-refractivity contribution is 5.81. The molecule has 2 rings (SSSR count). The van der Waals surface area contributed by atoms with Crippen molar-refractivity contribution in [2.24, 2.45) is 11.3 Å². The zero-order chi connectivity index (χ0) is 13.2. The van der Waals surface area contributed by atoms with Gasteiger partial charge in [0.25, 0.3) is 0 Å². The molecule has 0 radical (unpaired) electrons. The van der Waals surface area contributed by atoms with Gasteiger partial charge in [0, 0.05) is 12.0 Å². The van der Waals surface area contributed by atoms with E-state index in [0.29, 0.717) is 6.54 Å². The fourth-order valence-electron chi connectivity index (χ4n) is 3.30. The van der Waals surface area contributed by atoms with Gasteiger partial charge in [-0.3, -0.25) is 4.79 Å². The van der Waals surface area contributed by atoms with Gasteiger partial charge in [0.1, 0.15) is 6.10 Å². The molecule has 3 atom stereocenters. The van der Waals surface area contributed by atoms with Gasteiger partial charge in [-0.15, -0.1) is 0 Å². The topological polar surface area (TPSA) is 58.6 Å². The maximum Gasteiger partial charge on any atom is 0.249 e. The van der Waals surface area contributed by atoms with Gasteiger partial charge in [-0.2, -0.15) is 0 Å². The highest BCUT2D eigenvalue weighted by Crippen LogP contribution is 2.37. The number of carbonyl (C=O) groups excluding carboxylic acids is 1. The summed E-state index contributed by atoms with van der Waals surface area (Å²) in [6, 6.07) is 0. The predicted octanol–water partition coefficient (Wildman–Crippen LogP) is 1.47. The van der Waals surface area contributed by atoms with E-state index in [1.165, 1.54) is 0 Å². The Morgan fingerprint density at radius 1 is 1.39 bits per heavy atom. The van der Waals surface area contributed by atoms with Crippen LogP contribution in [0.15, 0.2) is 0 Å². The van der Waals surface area contributed by atoms with Crippen molar-refractivity contribution in [2.45, 2.75) is 58.2 Å². The zero-order valence-corrected chi connectivity index (χ0v) is 11.4. The normalized spacial score (nSPS) is 34.7. The van der Waals surface area contributed by atoms with Gasteiger partial charge >= 0.3 is 0 Å². The van der Waals surface area contributed by atoms with Gasteiger partial charge in [-0.1, -0.05) is 19.8 Å². The van der Waals surface area contributed by atoms with Gasteiger partial charge in [0.2, 0.25) is 5.91 Å². The van der Waals surface area contributed by atoms with Crippen LogP contribution in [0.25, 0.3) is 0 Å². The second kappa shape index (κ2) is 5.57. The smallest absolute Gasteiger partial charge is 0.249 e. The van der Waals surface area contributed by atoms with Crippen LogP contribution in [0, 0.1) is 11.3 Å². The Morgan fingerprint density at radius 3 is 2.56 bits per heavy atom. The van der Waals surface area contributed by atoms with Crippen LogP contribution in [-0.2, 0) is 9.53 Å². The first-order valence-corrected chi connectivity index (χ1v) is 7.10. The van der Waals surface area contributed by atoms with E-state index >= 15 is 0 Å². The molecule has 1 saturated carbocycles. The minimum Gasteiger partial charge on any atom is -0.396 e. The van der Waals surface area contributed by atoms with Crippen molar-refractivity contribution in [3.05, 3.63) is 0 Å². The largest absolute Gasteiger partial charge is 0.396 e. The molecule has 0 aromatic rings. The Balaban J connectivity index is 1.84. The number of ether oxygens (including phenoxy) is 1. The molecule has 0 aromatic heterocycles. The van der Waals surface area contributed by atoms with Crippen molar-refractivity contribution in [2.75, 3.05) is 13.2 Å². The maximum atomic E-state index is 12.1. The van der Waals surface area contributed by atoms with Crippen molar-refractivity contribution >= 4 is 5.91 Å². The summed E-state index contributed by atoms with van der Waals surface area (Å²) in [7, 11) is 0. The molecule has 4 heteroatoms. The van der Waals surface area contributed by atoms with Crippen molar-refractivity contribution in [1.29, 1.82) is 0 Å². The number of aliphatic hydroxyl groups excluding tert-OH is 1. The molecule has 1 heterocycles. The standard InChI is InChI=1S/C14H25NO3/c1-10-7-11(2)18-12(10)13(17)15-8-14(9-16)5-3-4-6-14/h10-12,16H,3-9H2,1-2H3,(H,15,17). The zero-order valence-electron chi connectivity index (χ0n) is 11.4. The average Bonchev–Trinajstić information content (AvgIpc) is 2.94. The van der Waals surface area contributed by atoms with Crippen LogP contribution < -0.4 is 5.32 Å². The summed E-state index contributed by atoms with van der Waals surface area (Å²) < 4.78 is 5.64. The number of aliphatic hydroxyl groups is 1. The van der Waals surface area contributed by atoms with Gasteiger partial charge in [-0.25, -0.2) is 0 Å². The molecule has 1 aliphatic carbocycles. The number of rotatable bonds is 4. The summed E-state index contributed by atoms with van der Waals surface area (Å²) in [5.41, 5.74) is -0.0802. The third-order valence-corrected chi connectivity index (χ3v) is 4.50. The average molecular weight is 255 g/mol. The molecule has 18 heavy (non-hydrogen) atoms. The highest BCUT2D eigenvalue weighted by Gasteiger charge is 2.37. The predicted molar refractivity (Wildman–Crippen MR) is 69.1 cm³/mol. The monoisotopic (exact) mass is 255 g/mol. The Hall–Kier alpha value is -0.610. The lowest BCUT2D eigenvalue weighted by molar-refractivity contribution is -0.133. The molecule has 1 amide bonds. The highest BCUT2D eigenvalue weighted by atomic mass is 16.5. The summed E-state index contributed by atoms with van der Waals surface area (Å²) >= 11 is 0. The first kappa shape index (κ1) is 13.8. The molecule has 3 unspecified atom stereocenters. The van der Waals surface area contributed by atoms with Crippen molar-refractivity contribution in [3.63, 3.8) is 0 Å². The SMILES string of the molecule is CC1CC(C)C(C(=O)NCC2(CO)CCCC2)O1. The molecule has 2 fully saturated rings. The van der Waals surface area contributed by atoms with Crippen LogP contribution >= 0.6 is 0 Å². The number of amides is 1. The molecule has 1 saturated heterocycles. The van der Waals surface area contributed by atoms with E-state index in [0.717, 1.165) is 32.1 Å². The number of carbonyl (C=O) groups is 1. The Kier molecular flexibility index (Phi) is 4.28. The lowest BCUT2D eigenvalue weighted by atomic mass is 9.87. The van der Waals surface area contributed by atoms with Crippen LogP contribution in [0.1, 0.15) is 46.0 Å². The number of hydrogen-bond acceptors (Lipinski definition) is 3. The number of hydrogen-bond donors (Lipinski definition) is 2. The molecule has 4 nitrogen and oxygen atoms in total. The Bertz CT molecular complexity index is 299. The summed E-state index contributed by atoms with van der Waals surface area (Å²) in [5, 5.41) is 12.5. The molecular formula is C14H25NO3. The van der Waals surface area contributed by atoms with Gasteiger partial charge in [0.05, 0.1) is 12.7 Å². The molecule has 104 valence electrons. The molecule has 1 aliphatic heterocycles. The van der Waals surface area contributed by atoms with Crippen LogP contribution in [-0.4, -0.2) is 36.4 Å². The summed E-state index contributed by atoms with van der Waals surface area (Å²) in [6.07, 6.45) is 5.16. The second-order valence-electron chi connectivity index (χ2n) is 6.16. The lowest BCUT2D eigenvalue weighted by Gasteiger charge is -2.27. The van der Waals surface area contributed by atoms with E-state index in [-0.39, 0.29) is 36.1 Å². The van der Waals surface area contributed by atoms with E-state index in [2.05, 4.69) is 12.2 Å². The van der Waals surface area contributed by atoms with E-state index in [1.54, 1.807) is 0 Å². The summed E-state index contributed by atoms with van der Waals surface area (Å²) in [5.74, 6) is 0.278. The summed E-state index contributed by atoms with van der Waals surface area (Å²) in [6.45, 7) is 4.83. The van der Waals surface area contributed by atoms with Crippen LogP contribution in [0.4, 0.5) is 0 Å². The third kappa shape index (κ3) is 2.86. The Morgan fingerprint density at radius 2 is 2.06 bits per heavy atom. The molecule has 0 aromatic carbocycles. The molecule has 2 N–H and O–H groups in total. The maximum absolute atomic E-state index is 12.1. The van der Waals surface area contributed by atoms with Gasteiger partial charge in [0.15, 0.2) is 0 Å². The van der Waals surface area contributed by atoms with E-state index in [4.69, 9.17) is 4.74 Å². The molecule has 0 bridgehead atoms.